The number of nitrogens with zero attached hydrogens (tertiary/aromatic N) is 5. The molecule has 0 N–H and O–H groups in total. The van der Waals surface area contributed by atoms with Gasteiger partial charge in [0.05, 0.1) is 23.9 Å². The van der Waals surface area contributed by atoms with Gasteiger partial charge in [-0.25, -0.2) is 4.68 Å². The third-order valence-corrected chi connectivity index (χ3v) is 9.70. The molecule has 7 rings (SSSR count). The van der Waals surface area contributed by atoms with Crippen LogP contribution in [0.2, 0.25) is 10.0 Å². The van der Waals surface area contributed by atoms with Crippen molar-refractivity contribution in [1.82, 2.24) is 24.4 Å². The van der Waals surface area contributed by atoms with Crippen molar-refractivity contribution in [3.63, 3.8) is 0 Å². The first-order valence-electron chi connectivity index (χ1n) is 16.6. The molecule has 0 aliphatic rings. The van der Waals surface area contributed by atoms with Gasteiger partial charge in [0.2, 0.25) is 4.96 Å². The van der Waals surface area contributed by atoms with Gasteiger partial charge in [-0.15, -0.1) is 5.10 Å². The maximum atomic E-state index is 13.6. The van der Waals surface area contributed by atoms with Crippen LogP contribution in [-0.4, -0.2) is 38.1 Å². The summed E-state index contributed by atoms with van der Waals surface area (Å²) >= 11 is 13.6. The van der Waals surface area contributed by atoms with Crippen LogP contribution in [0, 0.1) is 0 Å². The van der Waals surface area contributed by atoms with E-state index in [1.54, 1.807) is 30.0 Å². The topological polar surface area (TPSA) is 92.8 Å². The normalized spacial score (nSPS) is 11.9. The SMILES string of the molecule is CCCCOc1ccc(/C=C/c2nc3s/c(=C\c4cn(-c5ccccc5)nc4-c4ccc(OCc5ccc(Cl)cc5Cl)cc4)c(=O)n3n2)cc1OC. The fourth-order valence-corrected chi connectivity index (χ4v) is 6.77. The second-order valence-electron chi connectivity index (χ2n) is 11.8. The number of halogens is 2. The average Bonchev–Trinajstić information content (AvgIpc) is 3.85. The Hall–Kier alpha value is -5.42. The minimum atomic E-state index is -0.259. The molecular weight excluding hydrogens is 717 g/mol. The number of unbranched alkanes of at least 4 members (excludes halogenated alkanes) is 1. The molecule has 0 saturated carbocycles. The molecule has 9 nitrogen and oxygen atoms in total. The summed E-state index contributed by atoms with van der Waals surface area (Å²) in [5.74, 6) is 2.45. The van der Waals surface area contributed by atoms with E-state index in [9.17, 15) is 4.79 Å². The summed E-state index contributed by atoms with van der Waals surface area (Å²) < 4.78 is 21.0. The first-order valence-corrected chi connectivity index (χ1v) is 18.2. The van der Waals surface area contributed by atoms with Gasteiger partial charge in [0.15, 0.2) is 17.3 Å². The van der Waals surface area contributed by atoms with Crippen molar-refractivity contribution < 1.29 is 14.2 Å². The molecular formula is C40H33Cl2N5O4S. The van der Waals surface area contributed by atoms with Gasteiger partial charge in [-0.2, -0.15) is 14.6 Å². The van der Waals surface area contributed by atoms with E-state index in [-0.39, 0.29) is 5.56 Å². The minimum Gasteiger partial charge on any atom is -0.493 e. The van der Waals surface area contributed by atoms with Gasteiger partial charge in [0.25, 0.3) is 5.56 Å². The van der Waals surface area contributed by atoms with Crippen molar-refractivity contribution in [2.45, 2.75) is 26.4 Å². The lowest BCUT2D eigenvalue weighted by Crippen LogP contribution is -2.23. The van der Waals surface area contributed by atoms with Crippen LogP contribution < -0.4 is 24.3 Å². The Morgan fingerprint density at radius 2 is 1.71 bits per heavy atom. The minimum absolute atomic E-state index is 0.259. The molecule has 7 aromatic rings. The van der Waals surface area contributed by atoms with Crippen molar-refractivity contribution >= 4 is 57.7 Å². The molecule has 0 bridgehead atoms. The predicted molar refractivity (Wildman–Crippen MR) is 208 cm³/mol. The lowest BCUT2D eigenvalue weighted by Gasteiger charge is -2.10. The van der Waals surface area contributed by atoms with Crippen LogP contribution in [0.1, 0.15) is 42.3 Å². The molecule has 0 radical (unpaired) electrons. The van der Waals surface area contributed by atoms with Crippen molar-refractivity contribution in [3.8, 4) is 34.2 Å². The predicted octanol–water partition coefficient (Wildman–Crippen LogP) is 8.80. The van der Waals surface area contributed by atoms with Crippen molar-refractivity contribution in [2.75, 3.05) is 13.7 Å². The Bertz CT molecular complexity index is 2480. The number of ether oxygens (including phenoxy) is 3. The van der Waals surface area contributed by atoms with E-state index in [4.69, 9.17) is 42.5 Å². The Morgan fingerprint density at radius 3 is 2.46 bits per heavy atom. The van der Waals surface area contributed by atoms with Gasteiger partial charge in [-0.1, -0.05) is 84.3 Å². The third-order valence-electron chi connectivity index (χ3n) is 8.15. The Labute approximate surface area is 314 Å². The average molecular weight is 751 g/mol. The third kappa shape index (κ3) is 7.89. The molecule has 0 aliphatic heterocycles. The number of methoxy groups -OCH3 is 1. The van der Waals surface area contributed by atoms with Crippen molar-refractivity contribution in [1.29, 1.82) is 0 Å². The van der Waals surface area contributed by atoms with Crippen LogP contribution in [-0.2, 0) is 6.61 Å². The van der Waals surface area contributed by atoms with Crippen LogP contribution in [0.4, 0.5) is 0 Å². The highest BCUT2D eigenvalue weighted by atomic mass is 35.5. The number of hydrogen-bond donors (Lipinski definition) is 0. The smallest absolute Gasteiger partial charge is 0.291 e. The van der Waals surface area contributed by atoms with E-state index in [1.165, 1.54) is 15.9 Å². The van der Waals surface area contributed by atoms with Gasteiger partial charge in [-0.05, 0) is 84.8 Å². The summed E-state index contributed by atoms with van der Waals surface area (Å²) in [6.07, 6.45) is 9.43. The first-order chi connectivity index (χ1) is 25.4. The number of rotatable bonds is 13. The van der Waals surface area contributed by atoms with Gasteiger partial charge in [0.1, 0.15) is 18.1 Å². The largest absolute Gasteiger partial charge is 0.493 e. The Kier molecular flexibility index (Phi) is 10.7. The lowest BCUT2D eigenvalue weighted by molar-refractivity contribution is 0.288. The molecule has 0 spiro atoms. The van der Waals surface area contributed by atoms with E-state index < -0.39 is 0 Å². The highest BCUT2D eigenvalue weighted by molar-refractivity contribution is 7.15. The molecule has 0 atom stereocenters. The van der Waals surface area contributed by atoms with Gasteiger partial charge >= 0.3 is 0 Å². The zero-order valence-electron chi connectivity index (χ0n) is 28.3. The highest BCUT2D eigenvalue weighted by Gasteiger charge is 2.15. The van der Waals surface area contributed by atoms with Crippen LogP contribution in [0.25, 0.3) is 40.1 Å². The maximum Gasteiger partial charge on any atom is 0.291 e. The van der Waals surface area contributed by atoms with Crippen LogP contribution in [0.15, 0.2) is 102 Å². The number of fused-ring (bicyclic) bond motifs is 1. The fourth-order valence-electron chi connectivity index (χ4n) is 5.40. The second-order valence-corrected chi connectivity index (χ2v) is 13.6. The lowest BCUT2D eigenvalue weighted by atomic mass is 10.1. The standard InChI is InChI=1S/C40H33Cl2N5O4S/c1-3-4-20-50-34-18-10-26(21-35(34)49-2)11-19-37-43-40-47(44-37)39(48)36(52-40)22-29-24-46(31-8-6-5-7-9-31)45-38(29)27-13-16-32(17-14-27)51-25-28-12-15-30(41)23-33(28)42/h5-19,21-24H,3-4,20,25H2,1-2H3/b19-11+,36-22-. The monoisotopic (exact) mass is 749 g/mol. The zero-order valence-corrected chi connectivity index (χ0v) is 30.7. The molecule has 0 saturated heterocycles. The summed E-state index contributed by atoms with van der Waals surface area (Å²) in [5, 5.41) is 10.5. The number of hydrogen-bond acceptors (Lipinski definition) is 8. The summed E-state index contributed by atoms with van der Waals surface area (Å²) in [6, 6.07) is 28.5. The van der Waals surface area contributed by atoms with Crippen LogP contribution in [0.5, 0.6) is 17.2 Å². The molecule has 3 aromatic heterocycles. The van der Waals surface area contributed by atoms with Gasteiger partial charge in [0, 0.05) is 32.9 Å². The maximum absolute atomic E-state index is 13.6. The van der Waals surface area contributed by atoms with Gasteiger partial charge < -0.3 is 14.2 Å². The molecule has 0 aliphatic carbocycles. The molecule has 0 amide bonds. The second kappa shape index (κ2) is 15.9. The summed E-state index contributed by atoms with van der Waals surface area (Å²) in [5.41, 5.74) is 4.68. The number of benzene rings is 4. The summed E-state index contributed by atoms with van der Waals surface area (Å²) in [7, 11) is 1.62. The van der Waals surface area contributed by atoms with Crippen molar-refractivity contribution in [2.24, 2.45) is 0 Å². The quantitative estimate of drug-likeness (QED) is 0.109. The molecule has 12 heteroatoms. The molecule has 262 valence electrons. The fraction of sp³-hybridized carbons (Fsp3) is 0.150. The van der Waals surface area contributed by atoms with E-state index in [0.717, 1.165) is 40.8 Å². The Balaban J connectivity index is 1.15. The summed E-state index contributed by atoms with van der Waals surface area (Å²) in [4.78, 5) is 18.7. The van der Waals surface area contributed by atoms with E-state index >= 15 is 0 Å². The van der Waals surface area contributed by atoms with Gasteiger partial charge in [-0.3, -0.25) is 4.79 Å². The first kappa shape index (κ1) is 35.0. The molecule has 0 fully saturated rings. The van der Waals surface area contributed by atoms with Crippen molar-refractivity contribution in [3.05, 3.63) is 145 Å². The van der Waals surface area contributed by atoms with E-state index in [2.05, 4.69) is 17.0 Å². The molecule has 52 heavy (non-hydrogen) atoms. The number of thiazole rings is 1. The zero-order chi connectivity index (χ0) is 36.0. The molecule has 4 aromatic carbocycles. The van der Waals surface area contributed by atoms with Crippen LogP contribution >= 0.6 is 34.5 Å². The number of para-hydroxylation sites is 1. The number of aromatic nitrogens is 5. The molecule has 0 unspecified atom stereocenters. The Morgan fingerprint density at radius 1 is 0.885 bits per heavy atom. The van der Waals surface area contributed by atoms with E-state index in [1.807, 2.05) is 97.2 Å². The van der Waals surface area contributed by atoms with E-state index in [0.29, 0.717) is 61.5 Å². The highest BCUT2D eigenvalue weighted by Crippen LogP contribution is 2.30. The summed E-state index contributed by atoms with van der Waals surface area (Å²) in [6.45, 7) is 3.05. The molecule has 3 heterocycles. The van der Waals surface area contributed by atoms with Crippen LogP contribution in [0.3, 0.4) is 0 Å².